The largest absolute Gasteiger partial charge is 0.508 e. The lowest BCUT2D eigenvalue weighted by molar-refractivity contribution is -0.144. The van der Waals surface area contributed by atoms with Gasteiger partial charge in [-0.15, -0.1) is 0 Å². The van der Waals surface area contributed by atoms with Crippen LogP contribution in [0.3, 0.4) is 0 Å². The van der Waals surface area contributed by atoms with Gasteiger partial charge in [0, 0.05) is 32.1 Å². The predicted molar refractivity (Wildman–Crippen MR) is 124 cm³/mol. The normalized spacial score (nSPS) is 26.0. The van der Waals surface area contributed by atoms with Crippen LogP contribution in [-0.2, 0) is 16.0 Å². The summed E-state index contributed by atoms with van der Waals surface area (Å²) in [7, 11) is 0. The molecule has 1 fully saturated rings. The Kier molecular flexibility index (Phi) is 6.65. The molecule has 33 heavy (non-hydrogen) atoms. The average molecular weight is 461 g/mol. The third-order valence-electron chi connectivity index (χ3n) is 6.90. The Bertz CT molecular complexity index is 949. The molecule has 2 aliphatic heterocycles. The second-order valence-corrected chi connectivity index (χ2v) is 10.2. The van der Waals surface area contributed by atoms with Crippen LogP contribution in [0.2, 0.25) is 0 Å². The summed E-state index contributed by atoms with van der Waals surface area (Å²) in [6.45, 7) is 7.68. The van der Waals surface area contributed by atoms with Crippen LogP contribution in [0.1, 0.15) is 44.4 Å². The van der Waals surface area contributed by atoms with E-state index in [1.165, 1.54) is 13.8 Å². The molecule has 1 N–H and O–H groups in total. The fraction of sp³-hybridized carbons (Fsp3) is 0.577. The molecule has 1 aromatic carbocycles. The van der Waals surface area contributed by atoms with Crippen molar-refractivity contribution in [1.82, 2.24) is 9.80 Å². The topological polar surface area (TPSA) is 53.0 Å². The summed E-state index contributed by atoms with van der Waals surface area (Å²) in [5.74, 6) is -0.181. The number of phenols is 1. The maximum absolute atomic E-state index is 14.6. The Morgan fingerprint density at radius 3 is 2.73 bits per heavy atom. The number of fused-ring (bicyclic) bond motifs is 1. The fourth-order valence-corrected chi connectivity index (χ4v) is 4.94. The van der Waals surface area contributed by atoms with E-state index in [1.54, 1.807) is 17.0 Å². The van der Waals surface area contributed by atoms with Crippen molar-refractivity contribution in [2.45, 2.75) is 50.9 Å². The van der Waals surface area contributed by atoms with Crippen molar-refractivity contribution >= 4 is 5.91 Å². The van der Waals surface area contributed by atoms with Crippen LogP contribution in [0.15, 0.2) is 42.0 Å². The smallest absolute Gasteiger partial charge is 0.260 e. The summed E-state index contributed by atoms with van der Waals surface area (Å²) in [5, 5.41) is 9.92. The number of hydrogen-bond acceptors (Lipinski definition) is 4. The monoisotopic (exact) mass is 460 g/mol. The zero-order valence-electron chi connectivity index (χ0n) is 19.7. The fourth-order valence-electron chi connectivity index (χ4n) is 4.94. The van der Waals surface area contributed by atoms with Gasteiger partial charge in [0.2, 0.25) is 0 Å². The number of carbonyl (C=O) groups is 1. The molecule has 1 aliphatic carbocycles. The van der Waals surface area contributed by atoms with Gasteiger partial charge in [0.15, 0.2) is 5.67 Å². The molecule has 1 unspecified atom stereocenters. The highest BCUT2D eigenvalue weighted by molar-refractivity contribution is 5.85. The van der Waals surface area contributed by atoms with E-state index in [4.69, 9.17) is 4.74 Å². The SMILES string of the molecule is CC1(OCCN2CC(CF)C2)C=CC([C@H]2c3ccc(O)cc3CCN2C(=O)C(C)(C)F)=CC1. The number of likely N-dealkylation sites (tertiary alicyclic amines) is 1. The van der Waals surface area contributed by atoms with E-state index in [0.29, 0.717) is 26.0 Å². The van der Waals surface area contributed by atoms with Crippen molar-refractivity contribution in [3.05, 3.63) is 53.1 Å². The number of rotatable bonds is 7. The quantitative estimate of drug-likeness (QED) is 0.665. The second-order valence-electron chi connectivity index (χ2n) is 10.2. The molecule has 2 heterocycles. The molecule has 7 heteroatoms. The zero-order valence-corrected chi connectivity index (χ0v) is 19.7. The molecule has 0 saturated carbocycles. The van der Waals surface area contributed by atoms with Gasteiger partial charge in [0.1, 0.15) is 5.75 Å². The molecule has 3 aliphatic rings. The van der Waals surface area contributed by atoms with E-state index in [0.717, 1.165) is 36.3 Å². The Hall–Kier alpha value is -2.25. The lowest BCUT2D eigenvalue weighted by Crippen LogP contribution is -2.49. The number of halogens is 2. The first kappa shape index (κ1) is 23.9. The van der Waals surface area contributed by atoms with E-state index < -0.39 is 23.2 Å². The van der Waals surface area contributed by atoms with Gasteiger partial charge >= 0.3 is 0 Å². The second kappa shape index (κ2) is 9.18. The summed E-state index contributed by atoms with van der Waals surface area (Å²) in [6.07, 6.45) is 7.27. The van der Waals surface area contributed by atoms with E-state index in [1.807, 2.05) is 25.1 Å². The molecular weight excluding hydrogens is 426 g/mol. The lowest BCUT2D eigenvalue weighted by Gasteiger charge is -2.41. The molecule has 2 atom stereocenters. The first-order chi connectivity index (χ1) is 15.6. The van der Waals surface area contributed by atoms with Gasteiger partial charge in [-0.1, -0.05) is 24.3 Å². The number of hydrogen-bond donors (Lipinski definition) is 1. The number of nitrogens with zero attached hydrogens (tertiary/aromatic N) is 2. The molecule has 0 spiro atoms. The van der Waals surface area contributed by atoms with Crippen LogP contribution in [0.4, 0.5) is 8.78 Å². The molecular formula is C26H34F2N2O3. The Morgan fingerprint density at radius 2 is 2.09 bits per heavy atom. The highest BCUT2D eigenvalue weighted by Gasteiger charge is 2.40. The summed E-state index contributed by atoms with van der Waals surface area (Å²) < 4.78 is 33.4. The molecule has 4 rings (SSSR count). The molecule has 180 valence electrons. The standard InChI is InChI=1S/C26H34F2N2O3/c1-25(2,28)24(32)30-11-8-20-14-21(31)4-5-22(20)23(30)19-6-9-26(3,10-7-19)33-13-12-29-16-18(15-27)17-29/h4-7,9,14,18,23,31H,8,10-13,15-17H2,1-3H3/t23-,26?/m0/s1. The minimum Gasteiger partial charge on any atom is -0.508 e. The van der Waals surface area contributed by atoms with E-state index >= 15 is 0 Å². The molecule has 0 radical (unpaired) electrons. The lowest BCUT2D eigenvalue weighted by atomic mass is 9.83. The minimum atomic E-state index is -1.97. The van der Waals surface area contributed by atoms with Crippen LogP contribution in [0.5, 0.6) is 5.75 Å². The van der Waals surface area contributed by atoms with E-state index in [2.05, 4.69) is 11.0 Å². The highest BCUT2D eigenvalue weighted by Crippen LogP contribution is 2.41. The number of benzene rings is 1. The van der Waals surface area contributed by atoms with Gasteiger partial charge in [-0.3, -0.25) is 9.18 Å². The van der Waals surface area contributed by atoms with Gasteiger partial charge < -0.3 is 19.6 Å². The van der Waals surface area contributed by atoms with Crippen LogP contribution in [-0.4, -0.2) is 71.5 Å². The van der Waals surface area contributed by atoms with E-state index in [9.17, 15) is 18.7 Å². The number of ether oxygens (including phenoxy) is 1. The highest BCUT2D eigenvalue weighted by atomic mass is 19.1. The third-order valence-corrected chi connectivity index (χ3v) is 6.90. The van der Waals surface area contributed by atoms with Crippen LogP contribution < -0.4 is 0 Å². The van der Waals surface area contributed by atoms with Gasteiger partial charge in [0.05, 0.1) is 24.9 Å². The first-order valence-electron chi connectivity index (χ1n) is 11.7. The van der Waals surface area contributed by atoms with Crippen molar-refractivity contribution in [1.29, 1.82) is 0 Å². The number of phenolic OH excluding ortho intramolecular Hbond substituents is 1. The minimum absolute atomic E-state index is 0.167. The van der Waals surface area contributed by atoms with E-state index in [-0.39, 0.29) is 18.3 Å². The Morgan fingerprint density at radius 1 is 1.33 bits per heavy atom. The van der Waals surface area contributed by atoms with Gasteiger partial charge in [0.25, 0.3) is 5.91 Å². The van der Waals surface area contributed by atoms with Crippen LogP contribution >= 0.6 is 0 Å². The predicted octanol–water partition coefficient (Wildman–Crippen LogP) is 4.13. The van der Waals surface area contributed by atoms with Gasteiger partial charge in [-0.25, -0.2) is 4.39 Å². The summed E-state index contributed by atoms with van der Waals surface area (Å²) in [6, 6.07) is 4.77. The summed E-state index contributed by atoms with van der Waals surface area (Å²) in [5.41, 5.74) is 0.377. The molecule has 0 bridgehead atoms. The molecule has 1 saturated heterocycles. The van der Waals surface area contributed by atoms with Gasteiger partial charge in [-0.2, -0.15) is 0 Å². The van der Waals surface area contributed by atoms with Crippen LogP contribution in [0, 0.1) is 5.92 Å². The number of carbonyl (C=O) groups excluding carboxylic acids is 1. The molecule has 1 amide bonds. The maximum Gasteiger partial charge on any atom is 0.260 e. The van der Waals surface area contributed by atoms with Crippen molar-refractivity contribution < 1.29 is 23.4 Å². The number of amides is 1. The number of alkyl halides is 2. The van der Waals surface area contributed by atoms with Crippen molar-refractivity contribution in [2.24, 2.45) is 5.92 Å². The van der Waals surface area contributed by atoms with Crippen molar-refractivity contribution in [3.8, 4) is 5.75 Å². The summed E-state index contributed by atoms with van der Waals surface area (Å²) in [4.78, 5) is 16.8. The summed E-state index contributed by atoms with van der Waals surface area (Å²) >= 11 is 0. The van der Waals surface area contributed by atoms with Gasteiger partial charge in [-0.05, 0) is 62.4 Å². The van der Waals surface area contributed by atoms with Crippen LogP contribution in [0.25, 0.3) is 0 Å². The first-order valence-corrected chi connectivity index (χ1v) is 11.7. The zero-order chi connectivity index (χ0) is 23.8. The Balaban J connectivity index is 1.48. The number of aromatic hydroxyl groups is 1. The molecule has 5 nitrogen and oxygen atoms in total. The third kappa shape index (κ3) is 5.14. The molecule has 0 aromatic heterocycles. The Labute approximate surface area is 194 Å². The molecule has 1 aromatic rings. The maximum atomic E-state index is 14.6. The van der Waals surface area contributed by atoms with Crippen molar-refractivity contribution in [3.63, 3.8) is 0 Å². The average Bonchev–Trinajstić information content (AvgIpc) is 2.74. The van der Waals surface area contributed by atoms with Crippen molar-refractivity contribution in [2.75, 3.05) is 39.5 Å².